The zero-order valence-corrected chi connectivity index (χ0v) is 11.0. The quantitative estimate of drug-likeness (QED) is 0.919. The first-order chi connectivity index (χ1) is 8.60. The molecule has 4 heteroatoms. The number of hydrogen-bond acceptors (Lipinski definition) is 3. The molecular formula is C14H14ClNO2. The summed E-state index contributed by atoms with van der Waals surface area (Å²) < 4.78 is 5.69. The van der Waals surface area contributed by atoms with Gasteiger partial charge in [-0.3, -0.25) is 0 Å². The Bertz CT molecular complexity index is 552. The van der Waals surface area contributed by atoms with Crippen molar-refractivity contribution in [3.63, 3.8) is 0 Å². The molecule has 0 unspecified atom stereocenters. The van der Waals surface area contributed by atoms with Gasteiger partial charge in [0, 0.05) is 16.3 Å². The number of aliphatic hydroxyl groups is 1. The Morgan fingerprint density at radius 3 is 2.50 bits per heavy atom. The van der Waals surface area contributed by atoms with Gasteiger partial charge >= 0.3 is 0 Å². The van der Waals surface area contributed by atoms with Crippen molar-refractivity contribution in [1.82, 2.24) is 4.98 Å². The highest BCUT2D eigenvalue weighted by Crippen LogP contribution is 2.27. The second-order valence-electron chi connectivity index (χ2n) is 4.08. The third-order valence-electron chi connectivity index (χ3n) is 2.62. The molecule has 0 aliphatic heterocycles. The topological polar surface area (TPSA) is 42.4 Å². The highest BCUT2D eigenvalue weighted by atomic mass is 35.5. The highest BCUT2D eigenvalue weighted by Gasteiger charge is 2.10. The minimum atomic E-state index is -0.0952. The number of aryl methyl sites for hydroxylation is 2. The molecule has 0 aliphatic rings. The predicted octanol–water partition coefficient (Wildman–Crippen LogP) is 3.64. The van der Waals surface area contributed by atoms with Crippen molar-refractivity contribution < 1.29 is 9.84 Å². The van der Waals surface area contributed by atoms with Gasteiger partial charge in [-0.05, 0) is 49.7 Å². The van der Waals surface area contributed by atoms with Crippen LogP contribution in [0.1, 0.15) is 16.8 Å². The van der Waals surface area contributed by atoms with E-state index in [0.717, 1.165) is 11.3 Å². The van der Waals surface area contributed by atoms with E-state index in [1.807, 2.05) is 19.9 Å². The van der Waals surface area contributed by atoms with Crippen molar-refractivity contribution in [2.45, 2.75) is 20.5 Å². The normalized spacial score (nSPS) is 10.4. The molecule has 0 spiro atoms. The highest BCUT2D eigenvalue weighted by molar-refractivity contribution is 6.30. The van der Waals surface area contributed by atoms with Crippen molar-refractivity contribution >= 4 is 11.6 Å². The van der Waals surface area contributed by atoms with Gasteiger partial charge in [0.05, 0.1) is 6.61 Å². The van der Waals surface area contributed by atoms with E-state index in [-0.39, 0.29) is 6.61 Å². The van der Waals surface area contributed by atoms with Crippen LogP contribution in [0.15, 0.2) is 30.3 Å². The number of aromatic nitrogens is 1. The Balaban J connectivity index is 2.36. The van der Waals surface area contributed by atoms with Crippen LogP contribution < -0.4 is 4.74 Å². The van der Waals surface area contributed by atoms with Gasteiger partial charge in [0.15, 0.2) is 0 Å². The summed E-state index contributed by atoms with van der Waals surface area (Å²) >= 11 is 5.81. The van der Waals surface area contributed by atoms with E-state index < -0.39 is 0 Å². The maximum absolute atomic E-state index is 9.37. The number of aliphatic hydroxyl groups excluding tert-OH is 1. The van der Waals surface area contributed by atoms with Crippen LogP contribution >= 0.6 is 11.6 Å². The molecule has 18 heavy (non-hydrogen) atoms. The lowest BCUT2D eigenvalue weighted by Crippen LogP contribution is -1.99. The first-order valence-corrected chi connectivity index (χ1v) is 5.99. The maximum Gasteiger partial charge on any atom is 0.225 e. The molecule has 0 atom stereocenters. The summed E-state index contributed by atoms with van der Waals surface area (Å²) in [5, 5.41) is 10.0. The fourth-order valence-electron chi connectivity index (χ4n) is 1.72. The van der Waals surface area contributed by atoms with Gasteiger partial charge in [0.2, 0.25) is 5.88 Å². The summed E-state index contributed by atoms with van der Waals surface area (Å²) in [6.45, 7) is 3.72. The number of nitrogens with zero attached hydrogens (tertiary/aromatic N) is 1. The van der Waals surface area contributed by atoms with Crippen LogP contribution in [0.5, 0.6) is 11.6 Å². The lowest BCUT2D eigenvalue weighted by Gasteiger charge is -2.12. The molecule has 0 amide bonds. The van der Waals surface area contributed by atoms with Crippen LogP contribution in [-0.2, 0) is 6.61 Å². The van der Waals surface area contributed by atoms with Gasteiger partial charge in [0.1, 0.15) is 5.75 Å². The average molecular weight is 264 g/mol. The van der Waals surface area contributed by atoms with Crippen molar-refractivity contribution in [2.24, 2.45) is 0 Å². The molecule has 2 rings (SSSR count). The van der Waals surface area contributed by atoms with E-state index in [4.69, 9.17) is 16.3 Å². The van der Waals surface area contributed by atoms with Gasteiger partial charge < -0.3 is 9.84 Å². The Labute approximate surface area is 111 Å². The fourth-order valence-corrected chi connectivity index (χ4v) is 1.85. The predicted molar refractivity (Wildman–Crippen MR) is 71.2 cm³/mol. The summed E-state index contributed by atoms with van der Waals surface area (Å²) in [4.78, 5) is 4.31. The Kier molecular flexibility index (Phi) is 3.84. The van der Waals surface area contributed by atoms with E-state index >= 15 is 0 Å². The summed E-state index contributed by atoms with van der Waals surface area (Å²) in [5.74, 6) is 1.09. The number of benzene rings is 1. The van der Waals surface area contributed by atoms with Crippen LogP contribution in [0, 0.1) is 13.8 Å². The van der Waals surface area contributed by atoms with Crippen LogP contribution in [0.2, 0.25) is 5.02 Å². The van der Waals surface area contributed by atoms with Gasteiger partial charge in [-0.15, -0.1) is 0 Å². The number of ether oxygens (including phenoxy) is 1. The molecular weight excluding hydrogens is 250 g/mol. The molecule has 0 saturated heterocycles. The lowest BCUT2D eigenvalue weighted by atomic mass is 10.1. The molecule has 0 bridgehead atoms. The smallest absolute Gasteiger partial charge is 0.225 e. The second kappa shape index (κ2) is 5.38. The molecule has 2 aromatic rings. The number of pyridine rings is 1. The Hall–Kier alpha value is -1.58. The minimum Gasteiger partial charge on any atom is -0.439 e. The summed E-state index contributed by atoms with van der Waals surface area (Å²) in [5.41, 5.74) is 2.53. The van der Waals surface area contributed by atoms with E-state index in [1.54, 1.807) is 24.3 Å². The largest absolute Gasteiger partial charge is 0.439 e. The standard InChI is InChI=1S/C14H14ClNO2/c1-9-7-10(2)16-14(13(9)8-17)18-12-5-3-11(15)4-6-12/h3-7,17H,8H2,1-2H3. The summed E-state index contributed by atoms with van der Waals surface area (Å²) in [6, 6.07) is 8.95. The molecule has 94 valence electrons. The van der Waals surface area contributed by atoms with Crippen molar-refractivity contribution in [3.05, 3.63) is 52.2 Å². The summed E-state index contributed by atoms with van der Waals surface area (Å²) in [7, 11) is 0. The third-order valence-corrected chi connectivity index (χ3v) is 2.88. The SMILES string of the molecule is Cc1cc(C)c(CO)c(Oc2ccc(Cl)cc2)n1. The van der Waals surface area contributed by atoms with Crippen LogP contribution in [0.4, 0.5) is 0 Å². The first kappa shape index (κ1) is 12.9. The molecule has 1 heterocycles. The molecule has 0 saturated carbocycles. The van der Waals surface area contributed by atoms with Crippen LogP contribution in [-0.4, -0.2) is 10.1 Å². The maximum atomic E-state index is 9.37. The third kappa shape index (κ3) is 2.81. The average Bonchev–Trinajstić information content (AvgIpc) is 2.32. The van der Waals surface area contributed by atoms with Crippen LogP contribution in [0.3, 0.4) is 0 Å². The zero-order chi connectivity index (χ0) is 13.1. The molecule has 1 aromatic carbocycles. The molecule has 1 N–H and O–H groups in total. The van der Waals surface area contributed by atoms with E-state index in [9.17, 15) is 5.11 Å². The van der Waals surface area contributed by atoms with Gasteiger partial charge in [-0.2, -0.15) is 0 Å². The van der Waals surface area contributed by atoms with Crippen molar-refractivity contribution in [2.75, 3.05) is 0 Å². The van der Waals surface area contributed by atoms with Crippen molar-refractivity contribution in [3.8, 4) is 11.6 Å². The molecule has 3 nitrogen and oxygen atoms in total. The van der Waals surface area contributed by atoms with E-state index in [0.29, 0.717) is 22.2 Å². The monoisotopic (exact) mass is 263 g/mol. The number of hydrogen-bond donors (Lipinski definition) is 1. The first-order valence-electron chi connectivity index (χ1n) is 5.61. The minimum absolute atomic E-state index is 0.0952. The molecule has 0 aliphatic carbocycles. The molecule has 1 aromatic heterocycles. The lowest BCUT2D eigenvalue weighted by molar-refractivity contribution is 0.274. The number of halogens is 1. The second-order valence-corrected chi connectivity index (χ2v) is 4.51. The summed E-state index contributed by atoms with van der Waals surface area (Å²) in [6.07, 6.45) is 0. The zero-order valence-electron chi connectivity index (χ0n) is 10.3. The van der Waals surface area contributed by atoms with E-state index in [1.165, 1.54) is 0 Å². The molecule has 0 fully saturated rings. The van der Waals surface area contributed by atoms with Gasteiger partial charge in [-0.1, -0.05) is 11.6 Å². The fraction of sp³-hybridized carbons (Fsp3) is 0.214. The Morgan fingerprint density at radius 1 is 1.22 bits per heavy atom. The number of rotatable bonds is 3. The Morgan fingerprint density at radius 2 is 1.89 bits per heavy atom. The van der Waals surface area contributed by atoms with Gasteiger partial charge in [0.25, 0.3) is 0 Å². The van der Waals surface area contributed by atoms with E-state index in [2.05, 4.69) is 4.98 Å². The van der Waals surface area contributed by atoms with Gasteiger partial charge in [-0.25, -0.2) is 4.98 Å². The molecule has 0 radical (unpaired) electrons. The van der Waals surface area contributed by atoms with Crippen molar-refractivity contribution in [1.29, 1.82) is 0 Å². The van der Waals surface area contributed by atoms with Crippen LogP contribution in [0.25, 0.3) is 0 Å².